The van der Waals surface area contributed by atoms with Crippen molar-refractivity contribution in [2.45, 2.75) is 29.3 Å². The molecule has 0 aromatic carbocycles. The van der Waals surface area contributed by atoms with E-state index in [-0.39, 0.29) is 0 Å². The van der Waals surface area contributed by atoms with E-state index in [0.717, 1.165) is 5.51 Å². The minimum absolute atomic E-state index is 0.312. The molecule has 0 bridgehead atoms. The molecule has 2 rings (SSSR count). The number of nitrogens with zero attached hydrogens (tertiary/aromatic N) is 2. The minimum atomic E-state index is -4.69. The first kappa shape index (κ1) is 15.2. The molecule has 1 aromatic heterocycles. The molecule has 0 saturated heterocycles. The number of carboxylic acid groups (broad SMARTS) is 1. The molecule has 0 amide bonds. The molecule has 6 nitrogen and oxygen atoms in total. The second-order valence-electron chi connectivity index (χ2n) is 4.19. The Balaban J connectivity index is 2.40. The predicted octanol–water partition coefficient (Wildman–Crippen LogP) is 1.56. The van der Waals surface area contributed by atoms with Crippen LogP contribution in [0, 0.1) is 0 Å². The highest BCUT2D eigenvalue weighted by molar-refractivity contribution is 7.91. The third kappa shape index (κ3) is 3.10. The van der Waals surface area contributed by atoms with Crippen molar-refractivity contribution < 1.29 is 31.5 Å². The third-order valence-electron chi connectivity index (χ3n) is 2.57. The fourth-order valence-corrected chi connectivity index (χ4v) is 4.54. The molecule has 0 atom stereocenters. The number of sulfonamides is 1. The summed E-state index contributed by atoms with van der Waals surface area (Å²) in [6, 6.07) is -0.731. The van der Waals surface area contributed by atoms with Crippen LogP contribution in [0.4, 0.5) is 13.2 Å². The second-order valence-corrected chi connectivity index (χ2v) is 7.13. The van der Waals surface area contributed by atoms with Crippen LogP contribution >= 0.6 is 11.3 Å². The Labute approximate surface area is 115 Å². The Morgan fingerprint density at radius 2 is 2.10 bits per heavy atom. The van der Waals surface area contributed by atoms with E-state index in [0.29, 0.717) is 28.5 Å². The number of carboxylic acids is 1. The largest absolute Gasteiger partial charge is 0.476 e. The Hall–Kier alpha value is -1.20. The Bertz CT molecular complexity index is 621. The Morgan fingerprint density at radius 3 is 2.55 bits per heavy atom. The van der Waals surface area contributed by atoms with Crippen molar-refractivity contribution in [1.29, 1.82) is 0 Å². The fraction of sp³-hybridized carbons (Fsp3) is 0.556. The van der Waals surface area contributed by atoms with Crippen molar-refractivity contribution in [3.8, 4) is 0 Å². The van der Waals surface area contributed by atoms with Gasteiger partial charge < -0.3 is 5.11 Å². The topological polar surface area (TPSA) is 87.6 Å². The first-order chi connectivity index (χ1) is 9.13. The maximum atomic E-state index is 12.5. The third-order valence-corrected chi connectivity index (χ3v) is 5.82. The average molecular weight is 330 g/mol. The summed E-state index contributed by atoms with van der Waals surface area (Å²) in [5.74, 6) is -1.59. The first-order valence-electron chi connectivity index (χ1n) is 5.38. The van der Waals surface area contributed by atoms with E-state index >= 15 is 0 Å². The van der Waals surface area contributed by atoms with E-state index in [2.05, 4.69) is 4.98 Å². The number of aromatic nitrogens is 1. The van der Waals surface area contributed by atoms with Crippen molar-refractivity contribution >= 4 is 27.3 Å². The highest BCUT2D eigenvalue weighted by Gasteiger charge is 2.46. The van der Waals surface area contributed by atoms with Crippen molar-refractivity contribution in [3.05, 3.63) is 11.2 Å². The zero-order chi connectivity index (χ0) is 15.1. The van der Waals surface area contributed by atoms with Gasteiger partial charge in [-0.25, -0.2) is 18.2 Å². The lowest BCUT2D eigenvalue weighted by Crippen LogP contribution is -2.40. The molecule has 11 heteroatoms. The number of alkyl halides is 3. The van der Waals surface area contributed by atoms with Crippen LogP contribution in [0.3, 0.4) is 0 Å². The molecule has 1 heterocycles. The quantitative estimate of drug-likeness (QED) is 0.885. The Morgan fingerprint density at radius 1 is 1.50 bits per heavy atom. The summed E-state index contributed by atoms with van der Waals surface area (Å²) in [5.41, 5.74) is 0.234. The van der Waals surface area contributed by atoms with Gasteiger partial charge in [0.25, 0.3) is 10.0 Å². The molecule has 1 aliphatic carbocycles. The SMILES string of the molecule is O=C(O)c1ncsc1S(=O)(=O)N(CC(F)(F)F)C1CC1. The molecule has 20 heavy (non-hydrogen) atoms. The molecule has 1 aromatic rings. The lowest BCUT2D eigenvalue weighted by Gasteiger charge is -2.22. The highest BCUT2D eigenvalue weighted by Crippen LogP contribution is 2.36. The van der Waals surface area contributed by atoms with Crippen molar-refractivity contribution in [2.24, 2.45) is 0 Å². The van der Waals surface area contributed by atoms with Gasteiger partial charge in [-0.3, -0.25) is 0 Å². The van der Waals surface area contributed by atoms with Gasteiger partial charge in [0.15, 0.2) is 9.90 Å². The molecule has 1 fully saturated rings. The summed E-state index contributed by atoms with van der Waals surface area (Å²) >= 11 is 0.495. The van der Waals surface area contributed by atoms with Gasteiger partial charge in [-0.1, -0.05) is 0 Å². The van der Waals surface area contributed by atoms with Gasteiger partial charge in [-0.05, 0) is 12.8 Å². The maximum absolute atomic E-state index is 12.5. The van der Waals surface area contributed by atoms with Gasteiger partial charge in [0.1, 0.15) is 6.54 Å². The van der Waals surface area contributed by atoms with E-state index in [4.69, 9.17) is 5.11 Å². The van der Waals surface area contributed by atoms with Crippen molar-refractivity contribution in [3.63, 3.8) is 0 Å². The van der Waals surface area contributed by atoms with Gasteiger partial charge in [-0.15, -0.1) is 11.3 Å². The lowest BCUT2D eigenvalue weighted by molar-refractivity contribution is -0.136. The van der Waals surface area contributed by atoms with Crippen LogP contribution in [0.5, 0.6) is 0 Å². The maximum Gasteiger partial charge on any atom is 0.402 e. The van der Waals surface area contributed by atoms with Crippen LogP contribution in [0.15, 0.2) is 9.72 Å². The zero-order valence-corrected chi connectivity index (χ0v) is 11.4. The van der Waals surface area contributed by atoms with Crippen molar-refractivity contribution in [1.82, 2.24) is 9.29 Å². The van der Waals surface area contributed by atoms with Crippen LogP contribution < -0.4 is 0 Å². The number of hydrogen-bond donors (Lipinski definition) is 1. The van der Waals surface area contributed by atoms with Crippen LogP contribution in [0.1, 0.15) is 23.3 Å². The van der Waals surface area contributed by atoms with Gasteiger partial charge in [0.05, 0.1) is 5.51 Å². The molecule has 112 valence electrons. The first-order valence-corrected chi connectivity index (χ1v) is 7.70. The van der Waals surface area contributed by atoms with Gasteiger partial charge in [0, 0.05) is 6.04 Å². The molecule has 1 N–H and O–H groups in total. The lowest BCUT2D eigenvalue weighted by atomic mass is 10.5. The standard InChI is InChI=1S/C9H9F3N2O4S2/c10-9(11,12)3-14(5-1-2-5)20(17,18)8-6(7(15)16)13-4-19-8/h4-5H,1-3H2,(H,15,16). The highest BCUT2D eigenvalue weighted by atomic mass is 32.2. The molecule has 1 aliphatic rings. The molecule has 0 spiro atoms. The van der Waals surface area contributed by atoms with Gasteiger partial charge in [0.2, 0.25) is 0 Å². The number of halogens is 3. The predicted molar refractivity (Wildman–Crippen MR) is 62.0 cm³/mol. The van der Waals surface area contributed by atoms with E-state index in [1.165, 1.54) is 0 Å². The van der Waals surface area contributed by atoms with E-state index in [1.54, 1.807) is 0 Å². The molecule has 1 saturated carbocycles. The molecule has 0 radical (unpaired) electrons. The monoisotopic (exact) mass is 330 g/mol. The number of carbonyl (C=O) groups is 1. The van der Waals surface area contributed by atoms with Crippen LogP contribution in [0.2, 0.25) is 0 Å². The van der Waals surface area contributed by atoms with E-state index in [9.17, 15) is 26.4 Å². The van der Waals surface area contributed by atoms with Gasteiger partial charge >= 0.3 is 12.1 Å². The van der Waals surface area contributed by atoms with E-state index in [1.807, 2.05) is 0 Å². The number of hydrogen-bond acceptors (Lipinski definition) is 5. The Kier molecular flexibility index (Phi) is 3.77. The summed E-state index contributed by atoms with van der Waals surface area (Å²) in [4.78, 5) is 14.2. The summed E-state index contributed by atoms with van der Waals surface area (Å²) in [6.45, 7) is -1.63. The summed E-state index contributed by atoms with van der Waals surface area (Å²) in [7, 11) is -4.51. The van der Waals surface area contributed by atoms with Crippen LogP contribution in [-0.2, 0) is 10.0 Å². The summed E-state index contributed by atoms with van der Waals surface area (Å²) in [5, 5.41) is 8.83. The summed E-state index contributed by atoms with van der Waals surface area (Å²) in [6.07, 6.45) is -4.03. The molecule has 0 aliphatic heterocycles. The zero-order valence-electron chi connectivity index (χ0n) is 9.79. The van der Waals surface area contributed by atoms with E-state index < -0.39 is 44.7 Å². The van der Waals surface area contributed by atoms with Crippen LogP contribution in [0.25, 0.3) is 0 Å². The van der Waals surface area contributed by atoms with Gasteiger partial charge in [-0.2, -0.15) is 17.5 Å². The molecular weight excluding hydrogens is 321 g/mol. The van der Waals surface area contributed by atoms with Crippen molar-refractivity contribution in [2.75, 3.05) is 6.54 Å². The average Bonchev–Trinajstić information content (AvgIpc) is 2.99. The second kappa shape index (κ2) is 4.97. The molecule has 0 unspecified atom stereocenters. The van der Waals surface area contributed by atoms with Crippen LogP contribution in [-0.4, -0.2) is 47.5 Å². The fourth-order valence-electron chi connectivity index (χ4n) is 1.62. The number of rotatable bonds is 5. The smallest absolute Gasteiger partial charge is 0.402 e. The summed E-state index contributed by atoms with van der Waals surface area (Å²) < 4.78 is 61.5. The minimum Gasteiger partial charge on any atom is -0.476 e. The number of aromatic carboxylic acids is 1. The molecular formula is C9H9F3N2O4S2. The number of thiazole rings is 1. The normalized spacial score (nSPS) is 16.6.